The summed E-state index contributed by atoms with van der Waals surface area (Å²) in [5, 5.41) is 12.4. The Morgan fingerprint density at radius 3 is 2.71 bits per heavy atom. The molecule has 17 heavy (non-hydrogen) atoms. The van der Waals surface area contributed by atoms with Crippen LogP contribution in [0.4, 0.5) is 0 Å². The summed E-state index contributed by atoms with van der Waals surface area (Å²) in [6, 6.07) is 6.05. The Labute approximate surface area is 106 Å². The molecule has 0 radical (unpaired) electrons. The molecular formula is C12H15ClN4. The molecule has 0 saturated heterocycles. The highest BCUT2D eigenvalue weighted by Gasteiger charge is 2.15. The zero-order chi connectivity index (χ0) is 12.4. The van der Waals surface area contributed by atoms with Crippen LogP contribution in [-0.4, -0.2) is 22.0 Å². The van der Waals surface area contributed by atoms with Gasteiger partial charge in [0, 0.05) is 12.1 Å². The Bertz CT molecular complexity index is 521. The van der Waals surface area contributed by atoms with E-state index in [0.717, 1.165) is 21.8 Å². The maximum atomic E-state index is 6.14. The van der Waals surface area contributed by atoms with E-state index in [4.69, 9.17) is 11.6 Å². The fourth-order valence-corrected chi connectivity index (χ4v) is 1.96. The van der Waals surface area contributed by atoms with E-state index >= 15 is 0 Å². The summed E-state index contributed by atoms with van der Waals surface area (Å²) >= 11 is 6.14. The number of hydrogen-bond acceptors (Lipinski definition) is 3. The number of nitrogens with zero attached hydrogens (tertiary/aromatic N) is 3. The molecule has 0 amide bonds. The van der Waals surface area contributed by atoms with E-state index in [0.29, 0.717) is 0 Å². The first kappa shape index (κ1) is 12.1. The van der Waals surface area contributed by atoms with Gasteiger partial charge in [-0.05, 0) is 31.2 Å². The van der Waals surface area contributed by atoms with Gasteiger partial charge in [0.25, 0.3) is 0 Å². The molecule has 0 bridgehead atoms. The smallest absolute Gasteiger partial charge is 0.104 e. The molecule has 0 aliphatic heterocycles. The van der Waals surface area contributed by atoms with Gasteiger partial charge in [-0.3, -0.25) is 0 Å². The number of nitrogens with one attached hydrogen (secondary N) is 1. The Hall–Kier alpha value is -1.39. The number of rotatable bonds is 3. The molecule has 0 spiro atoms. The van der Waals surface area contributed by atoms with Crippen molar-refractivity contribution >= 4 is 11.6 Å². The third-order valence-electron chi connectivity index (χ3n) is 2.73. The van der Waals surface area contributed by atoms with Crippen molar-refractivity contribution < 1.29 is 0 Å². The minimum atomic E-state index is 0.0156. The lowest BCUT2D eigenvalue weighted by Gasteiger charge is -2.14. The average molecular weight is 251 g/mol. The van der Waals surface area contributed by atoms with Gasteiger partial charge < -0.3 is 5.32 Å². The van der Waals surface area contributed by atoms with Crippen molar-refractivity contribution in [1.82, 2.24) is 20.3 Å². The SMILES string of the molecule is CNC(c1ccc(C)c(Cl)c1)c1cnn(C)n1. The molecular weight excluding hydrogens is 236 g/mol. The second-order valence-corrected chi connectivity index (χ2v) is 4.40. The lowest BCUT2D eigenvalue weighted by Crippen LogP contribution is -2.18. The van der Waals surface area contributed by atoms with Crippen LogP contribution in [-0.2, 0) is 7.05 Å². The summed E-state index contributed by atoms with van der Waals surface area (Å²) < 4.78 is 0. The fraction of sp³-hybridized carbons (Fsp3) is 0.333. The van der Waals surface area contributed by atoms with Crippen LogP contribution < -0.4 is 5.32 Å². The van der Waals surface area contributed by atoms with Gasteiger partial charge in [0.1, 0.15) is 5.69 Å². The van der Waals surface area contributed by atoms with E-state index in [2.05, 4.69) is 21.6 Å². The van der Waals surface area contributed by atoms with Gasteiger partial charge >= 0.3 is 0 Å². The van der Waals surface area contributed by atoms with E-state index in [1.165, 1.54) is 0 Å². The van der Waals surface area contributed by atoms with E-state index < -0.39 is 0 Å². The maximum absolute atomic E-state index is 6.14. The quantitative estimate of drug-likeness (QED) is 0.907. The van der Waals surface area contributed by atoms with E-state index in [9.17, 15) is 0 Å². The maximum Gasteiger partial charge on any atom is 0.104 e. The van der Waals surface area contributed by atoms with Crippen molar-refractivity contribution in [2.75, 3.05) is 7.05 Å². The van der Waals surface area contributed by atoms with Crippen molar-refractivity contribution in [3.05, 3.63) is 46.2 Å². The van der Waals surface area contributed by atoms with Crippen LogP contribution in [0.5, 0.6) is 0 Å². The molecule has 1 atom stereocenters. The van der Waals surface area contributed by atoms with Crippen LogP contribution in [0.15, 0.2) is 24.4 Å². The second-order valence-electron chi connectivity index (χ2n) is 3.99. The highest BCUT2D eigenvalue weighted by molar-refractivity contribution is 6.31. The fourth-order valence-electron chi connectivity index (χ4n) is 1.77. The second kappa shape index (κ2) is 4.85. The lowest BCUT2D eigenvalue weighted by molar-refractivity contribution is 0.612. The van der Waals surface area contributed by atoms with Gasteiger partial charge in [-0.25, -0.2) is 0 Å². The van der Waals surface area contributed by atoms with Gasteiger partial charge in [0.05, 0.1) is 12.2 Å². The molecule has 0 aliphatic carbocycles. The van der Waals surface area contributed by atoms with Crippen LogP contribution in [0.25, 0.3) is 0 Å². The Balaban J connectivity index is 2.38. The lowest BCUT2D eigenvalue weighted by atomic mass is 10.0. The molecule has 0 saturated carbocycles. The summed E-state index contributed by atoms with van der Waals surface area (Å²) in [5.41, 5.74) is 3.04. The largest absolute Gasteiger partial charge is 0.308 e. The number of halogens is 1. The van der Waals surface area contributed by atoms with Crippen LogP contribution in [0, 0.1) is 6.92 Å². The summed E-state index contributed by atoms with van der Waals surface area (Å²) in [5.74, 6) is 0. The molecule has 90 valence electrons. The minimum Gasteiger partial charge on any atom is -0.308 e. The van der Waals surface area contributed by atoms with Crippen molar-refractivity contribution in [1.29, 1.82) is 0 Å². The first-order valence-corrected chi connectivity index (χ1v) is 5.79. The molecule has 2 aromatic rings. The Morgan fingerprint density at radius 2 is 2.18 bits per heavy atom. The van der Waals surface area contributed by atoms with Crippen LogP contribution in [0.2, 0.25) is 5.02 Å². The Kier molecular flexibility index (Phi) is 3.45. The van der Waals surface area contributed by atoms with Gasteiger partial charge in [0.2, 0.25) is 0 Å². The molecule has 1 aromatic heterocycles. The highest BCUT2D eigenvalue weighted by Crippen LogP contribution is 2.24. The number of aryl methyl sites for hydroxylation is 2. The molecule has 1 aromatic carbocycles. The van der Waals surface area contributed by atoms with Crippen molar-refractivity contribution in [3.63, 3.8) is 0 Å². The zero-order valence-electron chi connectivity index (χ0n) is 10.1. The topological polar surface area (TPSA) is 42.7 Å². The van der Waals surface area contributed by atoms with E-state index in [-0.39, 0.29) is 6.04 Å². The zero-order valence-corrected chi connectivity index (χ0v) is 10.9. The number of aromatic nitrogens is 3. The van der Waals surface area contributed by atoms with Crippen LogP contribution >= 0.6 is 11.6 Å². The van der Waals surface area contributed by atoms with Crippen LogP contribution in [0.1, 0.15) is 22.9 Å². The summed E-state index contributed by atoms with van der Waals surface area (Å²) in [4.78, 5) is 1.55. The van der Waals surface area contributed by atoms with Crippen molar-refractivity contribution in [2.24, 2.45) is 7.05 Å². The summed E-state index contributed by atoms with van der Waals surface area (Å²) in [6.45, 7) is 1.99. The third-order valence-corrected chi connectivity index (χ3v) is 3.14. The third kappa shape index (κ3) is 2.48. The highest BCUT2D eigenvalue weighted by atomic mass is 35.5. The normalized spacial score (nSPS) is 12.7. The molecule has 1 N–H and O–H groups in total. The molecule has 5 heteroatoms. The van der Waals surface area contributed by atoms with Crippen LogP contribution in [0.3, 0.4) is 0 Å². The minimum absolute atomic E-state index is 0.0156. The van der Waals surface area contributed by atoms with E-state index in [1.54, 1.807) is 18.0 Å². The first-order chi connectivity index (χ1) is 8.11. The monoisotopic (exact) mass is 250 g/mol. The molecule has 1 unspecified atom stereocenters. The van der Waals surface area contributed by atoms with E-state index in [1.807, 2.05) is 26.1 Å². The van der Waals surface area contributed by atoms with Gasteiger partial charge in [-0.15, -0.1) is 0 Å². The van der Waals surface area contributed by atoms with Crippen molar-refractivity contribution in [3.8, 4) is 0 Å². The predicted molar refractivity (Wildman–Crippen MR) is 68.1 cm³/mol. The number of benzene rings is 1. The first-order valence-electron chi connectivity index (χ1n) is 5.41. The molecule has 1 heterocycles. The standard InChI is InChI=1S/C12H15ClN4/c1-8-4-5-9(6-10(8)13)12(14-2)11-7-15-17(3)16-11/h4-7,12,14H,1-3H3. The van der Waals surface area contributed by atoms with Gasteiger partial charge in [-0.2, -0.15) is 15.0 Å². The van der Waals surface area contributed by atoms with Gasteiger partial charge in [0.15, 0.2) is 0 Å². The summed E-state index contributed by atoms with van der Waals surface area (Å²) in [6.07, 6.45) is 1.76. The van der Waals surface area contributed by atoms with Crippen molar-refractivity contribution in [2.45, 2.75) is 13.0 Å². The predicted octanol–water partition coefficient (Wildman–Crippen LogP) is 2.09. The molecule has 4 nitrogen and oxygen atoms in total. The molecule has 0 fully saturated rings. The molecule has 0 aliphatic rings. The van der Waals surface area contributed by atoms with Gasteiger partial charge in [-0.1, -0.05) is 23.7 Å². The average Bonchev–Trinajstić information content (AvgIpc) is 2.71. The Morgan fingerprint density at radius 1 is 1.41 bits per heavy atom. The molecule has 2 rings (SSSR count). The number of hydrogen-bond donors (Lipinski definition) is 1. The summed E-state index contributed by atoms with van der Waals surface area (Å²) in [7, 11) is 3.70.